The molecule has 0 aliphatic rings. The zero-order valence-electron chi connectivity index (χ0n) is 10.5. The minimum absolute atomic E-state index is 0.0801. The third kappa shape index (κ3) is 5.19. The van der Waals surface area contributed by atoms with E-state index < -0.39 is 0 Å². The lowest BCUT2D eigenvalue weighted by Crippen LogP contribution is -2.34. The normalized spacial score (nSPS) is 11.7. The molecule has 2 N–H and O–H groups in total. The van der Waals surface area contributed by atoms with E-state index in [2.05, 4.69) is 10.6 Å². The van der Waals surface area contributed by atoms with Gasteiger partial charge in [0.1, 0.15) is 6.42 Å². The van der Waals surface area contributed by atoms with Crippen molar-refractivity contribution < 1.29 is 9.59 Å². The third-order valence-electron chi connectivity index (χ3n) is 2.45. The number of amides is 2. The van der Waals surface area contributed by atoms with Gasteiger partial charge in [-0.05, 0) is 31.5 Å². The average Bonchev–Trinajstić information content (AvgIpc) is 2.28. The Hall–Kier alpha value is -1.55. The maximum atomic E-state index is 11.6. The molecule has 18 heavy (non-hydrogen) atoms. The second kappa shape index (κ2) is 7.01. The van der Waals surface area contributed by atoms with E-state index in [1.807, 2.05) is 13.8 Å². The van der Waals surface area contributed by atoms with Crippen LogP contribution in [0.5, 0.6) is 0 Å². The summed E-state index contributed by atoms with van der Waals surface area (Å²) in [4.78, 5) is 23.1. The van der Waals surface area contributed by atoms with Crippen LogP contribution in [0.1, 0.15) is 26.7 Å². The van der Waals surface area contributed by atoms with E-state index in [0.717, 1.165) is 6.42 Å². The van der Waals surface area contributed by atoms with E-state index in [1.165, 1.54) is 0 Å². The van der Waals surface area contributed by atoms with Crippen molar-refractivity contribution in [3.8, 4) is 0 Å². The number of benzene rings is 1. The number of anilines is 1. The zero-order chi connectivity index (χ0) is 13.5. The minimum atomic E-state index is -0.349. The molecule has 1 aromatic carbocycles. The summed E-state index contributed by atoms with van der Waals surface area (Å²) in [5.41, 5.74) is 0.587. The molecule has 1 aromatic rings. The monoisotopic (exact) mass is 268 g/mol. The molecule has 0 spiro atoms. The van der Waals surface area contributed by atoms with Crippen molar-refractivity contribution >= 4 is 29.1 Å². The molecule has 0 radical (unpaired) electrons. The van der Waals surface area contributed by atoms with Crippen molar-refractivity contribution in [1.29, 1.82) is 0 Å². The van der Waals surface area contributed by atoms with Crippen LogP contribution >= 0.6 is 11.6 Å². The van der Waals surface area contributed by atoms with E-state index in [4.69, 9.17) is 11.6 Å². The van der Waals surface area contributed by atoms with E-state index in [1.54, 1.807) is 24.3 Å². The SMILES string of the molecule is CCC(C)NC(=O)CC(=O)Nc1cccc(Cl)c1. The summed E-state index contributed by atoms with van der Waals surface area (Å²) < 4.78 is 0. The number of hydrogen-bond donors (Lipinski definition) is 2. The van der Waals surface area contributed by atoms with Crippen LogP contribution in [0.15, 0.2) is 24.3 Å². The molecule has 98 valence electrons. The maximum Gasteiger partial charge on any atom is 0.233 e. The fourth-order valence-corrected chi connectivity index (χ4v) is 1.54. The lowest BCUT2D eigenvalue weighted by Gasteiger charge is -2.11. The highest BCUT2D eigenvalue weighted by molar-refractivity contribution is 6.30. The van der Waals surface area contributed by atoms with Gasteiger partial charge < -0.3 is 10.6 Å². The van der Waals surface area contributed by atoms with E-state index >= 15 is 0 Å². The number of hydrogen-bond acceptors (Lipinski definition) is 2. The molecule has 1 unspecified atom stereocenters. The van der Waals surface area contributed by atoms with Crippen LogP contribution in [-0.4, -0.2) is 17.9 Å². The van der Waals surface area contributed by atoms with Gasteiger partial charge in [-0.15, -0.1) is 0 Å². The highest BCUT2D eigenvalue weighted by Gasteiger charge is 2.11. The second-order valence-corrected chi connectivity index (χ2v) is 4.55. The number of nitrogens with one attached hydrogen (secondary N) is 2. The minimum Gasteiger partial charge on any atom is -0.353 e. The standard InChI is InChI=1S/C13H17ClN2O2/c1-3-9(2)15-12(17)8-13(18)16-11-6-4-5-10(14)7-11/h4-7,9H,3,8H2,1-2H3,(H,15,17)(H,16,18). The summed E-state index contributed by atoms with van der Waals surface area (Å²) >= 11 is 5.79. The Morgan fingerprint density at radius 2 is 2.06 bits per heavy atom. The lowest BCUT2D eigenvalue weighted by atomic mass is 10.2. The van der Waals surface area contributed by atoms with Gasteiger partial charge in [0.2, 0.25) is 11.8 Å². The molecule has 0 aliphatic carbocycles. The van der Waals surface area contributed by atoms with Gasteiger partial charge in [0.25, 0.3) is 0 Å². The Kier molecular flexibility index (Phi) is 5.65. The van der Waals surface area contributed by atoms with Crippen LogP contribution in [0, 0.1) is 0 Å². The molecule has 0 saturated heterocycles. The fraction of sp³-hybridized carbons (Fsp3) is 0.385. The highest BCUT2D eigenvalue weighted by Crippen LogP contribution is 2.14. The fourth-order valence-electron chi connectivity index (χ4n) is 1.35. The van der Waals surface area contributed by atoms with Gasteiger partial charge in [-0.2, -0.15) is 0 Å². The van der Waals surface area contributed by atoms with Crippen LogP contribution in [0.4, 0.5) is 5.69 Å². The van der Waals surface area contributed by atoms with Gasteiger partial charge in [-0.25, -0.2) is 0 Å². The Morgan fingerprint density at radius 3 is 2.67 bits per heavy atom. The van der Waals surface area contributed by atoms with Crippen LogP contribution in [0.3, 0.4) is 0 Å². The molecule has 1 rings (SSSR count). The zero-order valence-corrected chi connectivity index (χ0v) is 11.3. The first-order valence-corrected chi connectivity index (χ1v) is 6.24. The van der Waals surface area contributed by atoms with Crippen molar-refractivity contribution in [3.05, 3.63) is 29.3 Å². The predicted octanol–water partition coefficient (Wildman–Crippen LogP) is 2.58. The van der Waals surface area contributed by atoms with E-state index in [-0.39, 0.29) is 24.3 Å². The Labute approximate surface area is 112 Å². The molecular weight excluding hydrogens is 252 g/mol. The lowest BCUT2D eigenvalue weighted by molar-refractivity contribution is -0.127. The Morgan fingerprint density at radius 1 is 1.33 bits per heavy atom. The quantitative estimate of drug-likeness (QED) is 0.807. The van der Waals surface area contributed by atoms with E-state index in [9.17, 15) is 9.59 Å². The van der Waals surface area contributed by atoms with Crippen LogP contribution in [0.25, 0.3) is 0 Å². The van der Waals surface area contributed by atoms with Gasteiger partial charge >= 0.3 is 0 Å². The van der Waals surface area contributed by atoms with Crippen molar-refractivity contribution in [2.24, 2.45) is 0 Å². The van der Waals surface area contributed by atoms with Crippen LogP contribution in [0.2, 0.25) is 5.02 Å². The molecule has 1 atom stereocenters. The first-order chi connectivity index (χ1) is 8.51. The maximum absolute atomic E-state index is 11.6. The van der Waals surface area contributed by atoms with Gasteiger partial charge in [-0.1, -0.05) is 24.6 Å². The first-order valence-electron chi connectivity index (χ1n) is 5.86. The summed E-state index contributed by atoms with van der Waals surface area (Å²) in [6.07, 6.45) is 0.651. The van der Waals surface area contributed by atoms with Gasteiger partial charge in [-0.3, -0.25) is 9.59 Å². The molecule has 0 aliphatic heterocycles. The van der Waals surface area contributed by atoms with Crippen molar-refractivity contribution in [3.63, 3.8) is 0 Å². The second-order valence-electron chi connectivity index (χ2n) is 4.11. The summed E-state index contributed by atoms with van der Waals surface area (Å²) in [7, 11) is 0. The Balaban J connectivity index is 2.44. The summed E-state index contributed by atoms with van der Waals surface area (Å²) in [6, 6.07) is 6.88. The Bertz CT molecular complexity index is 435. The van der Waals surface area contributed by atoms with Crippen molar-refractivity contribution in [2.75, 3.05) is 5.32 Å². The number of halogens is 1. The average molecular weight is 269 g/mol. The smallest absolute Gasteiger partial charge is 0.233 e. The van der Waals surface area contributed by atoms with Gasteiger partial charge in [0.05, 0.1) is 0 Å². The van der Waals surface area contributed by atoms with Crippen molar-refractivity contribution in [1.82, 2.24) is 5.32 Å². The van der Waals surface area contributed by atoms with Crippen molar-refractivity contribution in [2.45, 2.75) is 32.7 Å². The third-order valence-corrected chi connectivity index (χ3v) is 2.68. The molecule has 0 saturated carbocycles. The molecule has 5 heteroatoms. The number of carbonyl (C=O) groups excluding carboxylic acids is 2. The molecule has 0 bridgehead atoms. The first kappa shape index (κ1) is 14.5. The number of rotatable bonds is 5. The molecule has 4 nitrogen and oxygen atoms in total. The molecule has 0 heterocycles. The number of carbonyl (C=O) groups is 2. The topological polar surface area (TPSA) is 58.2 Å². The summed E-state index contributed by atoms with van der Waals surface area (Å²) in [5, 5.41) is 5.89. The molecule has 0 fully saturated rings. The van der Waals surface area contributed by atoms with Crippen LogP contribution in [-0.2, 0) is 9.59 Å². The highest BCUT2D eigenvalue weighted by atomic mass is 35.5. The largest absolute Gasteiger partial charge is 0.353 e. The molecule has 2 amide bonds. The summed E-state index contributed by atoms with van der Waals surface area (Å²) in [6.45, 7) is 3.86. The molecular formula is C13H17ClN2O2. The van der Waals surface area contributed by atoms with Gasteiger partial charge in [0, 0.05) is 16.8 Å². The molecule has 0 aromatic heterocycles. The predicted molar refractivity (Wildman–Crippen MR) is 72.6 cm³/mol. The van der Waals surface area contributed by atoms with E-state index in [0.29, 0.717) is 10.7 Å². The van der Waals surface area contributed by atoms with Crippen LogP contribution < -0.4 is 10.6 Å². The van der Waals surface area contributed by atoms with Gasteiger partial charge in [0.15, 0.2) is 0 Å². The summed E-state index contributed by atoms with van der Waals surface area (Å²) in [5.74, 6) is -0.623.